The Morgan fingerprint density at radius 2 is 2.29 bits per heavy atom. The number of carbonyl (C=O) groups is 2. The van der Waals surface area contributed by atoms with Crippen molar-refractivity contribution in [1.29, 1.82) is 0 Å². The van der Waals surface area contributed by atoms with Crippen LogP contribution in [0.25, 0.3) is 0 Å². The summed E-state index contributed by atoms with van der Waals surface area (Å²) in [5.41, 5.74) is 5.16. The Balaban J connectivity index is 2.04. The molecular formula is C14H20N4O3. The number of likely N-dealkylation sites (tertiary alicyclic amines) is 1. The third-order valence-electron chi connectivity index (χ3n) is 3.58. The molecule has 2 amide bonds. The van der Waals surface area contributed by atoms with Gasteiger partial charge in [-0.2, -0.15) is 0 Å². The number of nitrogens with two attached hydrogens (primary N) is 1. The molecular weight excluding hydrogens is 272 g/mol. The number of H-pyrrole nitrogens is 1. The normalized spacial score (nSPS) is 18.3. The molecule has 2 rings (SSSR count). The second-order valence-electron chi connectivity index (χ2n) is 5.09. The van der Waals surface area contributed by atoms with Crippen molar-refractivity contribution in [2.75, 3.05) is 26.2 Å². The fourth-order valence-corrected chi connectivity index (χ4v) is 2.47. The lowest BCUT2D eigenvalue weighted by Gasteiger charge is -2.31. The average Bonchev–Trinajstić information content (AvgIpc) is 2.52. The highest BCUT2D eigenvalue weighted by Crippen LogP contribution is 2.18. The maximum absolute atomic E-state index is 12.4. The fraction of sp³-hybridized carbons (Fsp3) is 0.500. The Labute approximate surface area is 122 Å². The van der Waals surface area contributed by atoms with E-state index in [1.54, 1.807) is 4.90 Å². The summed E-state index contributed by atoms with van der Waals surface area (Å²) in [5, 5.41) is 2.74. The summed E-state index contributed by atoms with van der Waals surface area (Å²) in [4.78, 5) is 40.3. The van der Waals surface area contributed by atoms with Crippen molar-refractivity contribution in [2.45, 2.75) is 12.8 Å². The van der Waals surface area contributed by atoms with Crippen molar-refractivity contribution < 1.29 is 9.59 Å². The van der Waals surface area contributed by atoms with Gasteiger partial charge in [-0.3, -0.25) is 14.4 Å². The quantitative estimate of drug-likeness (QED) is 0.682. The number of carbonyl (C=O) groups excluding carboxylic acids is 2. The van der Waals surface area contributed by atoms with E-state index in [2.05, 4.69) is 10.3 Å². The zero-order valence-corrected chi connectivity index (χ0v) is 11.8. The van der Waals surface area contributed by atoms with Crippen molar-refractivity contribution in [3.8, 4) is 0 Å². The molecule has 1 saturated heterocycles. The molecule has 4 N–H and O–H groups in total. The van der Waals surface area contributed by atoms with E-state index in [1.807, 2.05) is 0 Å². The summed E-state index contributed by atoms with van der Waals surface area (Å²) in [5.74, 6) is -0.648. The molecule has 21 heavy (non-hydrogen) atoms. The zero-order chi connectivity index (χ0) is 15.2. The van der Waals surface area contributed by atoms with Crippen molar-refractivity contribution in [3.05, 3.63) is 34.2 Å². The summed E-state index contributed by atoms with van der Waals surface area (Å²) in [6, 6.07) is 1.32. The van der Waals surface area contributed by atoms with Gasteiger partial charge in [0.1, 0.15) is 5.56 Å². The molecule has 0 radical (unpaired) electrons. The second kappa shape index (κ2) is 7.03. The fourth-order valence-electron chi connectivity index (χ4n) is 2.47. The predicted octanol–water partition coefficient (Wildman–Crippen LogP) is -0.698. The molecule has 0 spiro atoms. The molecule has 1 atom stereocenters. The number of nitrogens with one attached hydrogen (secondary N) is 2. The molecule has 114 valence electrons. The standard InChI is InChI=1S/C14H20N4O3/c15-4-6-17-13(20)10-2-1-7-18(9-10)14(21)11-8-16-5-3-12(11)19/h3,5,8,10H,1-2,4,6-7,9,15H2,(H,16,19)(H,17,20). The number of rotatable bonds is 4. The van der Waals surface area contributed by atoms with E-state index in [0.717, 1.165) is 12.8 Å². The molecule has 1 aromatic heterocycles. The summed E-state index contributed by atoms with van der Waals surface area (Å²) < 4.78 is 0. The summed E-state index contributed by atoms with van der Waals surface area (Å²) in [6.07, 6.45) is 4.38. The largest absolute Gasteiger partial charge is 0.367 e. The van der Waals surface area contributed by atoms with Crippen LogP contribution in [0.5, 0.6) is 0 Å². The molecule has 7 heteroatoms. The van der Waals surface area contributed by atoms with Crippen molar-refractivity contribution in [2.24, 2.45) is 11.7 Å². The van der Waals surface area contributed by atoms with Gasteiger partial charge in [-0.25, -0.2) is 0 Å². The smallest absolute Gasteiger partial charge is 0.259 e. The maximum Gasteiger partial charge on any atom is 0.259 e. The summed E-state index contributed by atoms with van der Waals surface area (Å²) in [7, 11) is 0. The number of aromatic nitrogens is 1. The Morgan fingerprint density at radius 1 is 1.48 bits per heavy atom. The van der Waals surface area contributed by atoms with Crippen LogP contribution in [0, 0.1) is 5.92 Å². The second-order valence-corrected chi connectivity index (χ2v) is 5.09. The average molecular weight is 292 g/mol. The molecule has 7 nitrogen and oxygen atoms in total. The van der Waals surface area contributed by atoms with Crippen LogP contribution in [0.3, 0.4) is 0 Å². The first kappa shape index (κ1) is 15.2. The minimum absolute atomic E-state index is 0.0834. The van der Waals surface area contributed by atoms with E-state index in [9.17, 15) is 14.4 Å². The monoisotopic (exact) mass is 292 g/mol. The summed E-state index contributed by atoms with van der Waals surface area (Å²) >= 11 is 0. The third kappa shape index (κ3) is 3.69. The number of hydrogen-bond donors (Lipinski definition) is 3. The van der Waals surface area contributed by atoms with Crippen LogP contribution in [0.15, 0.2) is 23.3 Å². The van der Waals surface area contributed by atoms with E-state index in [4.69, 9.17) is 5.73 Å². The van der Waals surface area contributed by atoms with Gasteiger partial charge in [0.05, 0.1) is 5.92 Å². The van der Waals surface area contributed by atoms with Crippen molar-refractivity contribution >= 4 is 11.8 Å². The lowest BCUT2D eigenvalue weighted by atomic mass is 9.96. The van der Waals surface area contributed by atoms with E-state index in [1.165, 1.54) is 18.5 Å². The van der Waals surface area contributed by atoms with Crippen LogP contribution in [0.4, 0.5) is 0 Å². The molecule has 1 aliphatic heterocycles. The van der Waals surface area contributed by atoms with Gasteiger partial charge in [-0.15, -0.1) is 0 Å². The molecule has 0 aliphatic carbocycles. The van der Waals surface area contributed by atoms with E-state index < -0.39 is 0 Å². The number of pyridine rings is 1. The van der Waals surface area contributed by atoms with Crippen molar-refractivity contribution in [1.82, 2.24) is 15.2 Å². The van der Waals surface area contributed by atoms with E-state index in [0.29, 0.717) is 26.2 Å². The van der Waals surface area contributed by atoms with Gasteiger partial charge in [0.2, 0.25) is 5.91 Å². The number of aromatic amines is 1. The SMILES string of the molecule is NCCNC(=O)C1CCCN(C(=O)c2c[nH]ccc2=O)C1. The first-order valence-corrected chi connectivity index (χ1v) is 7.07. The highest BCUT2D eigenvalue weighted by atomic mass is 16.2. The molecule has 1 fully saturated rings. The van der Waals surface area contributed by atoms with Crippen LogP contribution in [0.1, 0.15) is 23.2 Å². The predicted molar refractivity (Wildman–Crippen MR) is 77.8 cm³/mol. The molecule has 0 aromatic carbocycles. The Morgan fingerprint density at radius 3 is 3.00 bits per heavy atom. The number of nitrogens with zero attached hydrogens (tertiary/aromatic N) is 1. The maximum atomic E-state index is 12.4. The van der Waals surface area contributed by atoms with E-state index >= 15 is 0 Å². The van der Waals surface area contributed by atoms with Gasteiger partial charge >= 0.3 is 0 Å². The zero-order valence-electron chi connectivity index (χ0n) is 11.8. The third-order valence-corrected chi connectivity index (χ3v) is 3.58. The van der Waals surface area contributed by atoms with Gasteiger partial charge in [0.15, 0.2) is 5.43 Å². The van der Waals surface area contributed by atoms with Gasteiger partial charge in [0.25, 0.3) is 5.91 Å². The Kier molecular flexibility index (Phi) is 5.10. The molecule has 0 saturated carbocycles. The van der Waals surface area contributed by atoms with Gasteiger partial charge < -0.3 is 20.9 Å². The number of amides is 2. The molecule has 1 aromatic rings. The lowest BCUT2D eigenvalue weighted by molar-refractivity contribution is -0.126. The van der Waals surface area contributed by atoms with Crippen LogP contribution < -0.4 is 16.5 Å². The highest BCUT2D eigenvalue weighted by molar-refractivity contribution is 5.94. The van der Waals surface area contributed by atoms with Crippen LogP contribution in [-0.4, -0.2) is 47.9 Å². The van der Waals surface area contributed by atoms with Gasteiger partial charge in [0, 0.05) is 44.6 Å². The summed E-state index contributed by atoms with van der Waals surface area (Å²) in [6.45, 7) is 1.72. The molecule has 1 aliphatic rings. The van der Waals surface area contributed by atoms with Gasteiger partial charge in [-0.1, -0.05) is 0 Å². The number of hydrogen-bond acceptors (Lipinski definition) is 4. The first-order chi connectivity index (χ1) is 10.1. The first-order valence-electron chi connectivity index (χ1n) is 7.07. The molecule has 2 heterocycles. The molecule has 1 unspecified atom stereocenters. The minimum atomic E-state index is -0.326. The van der Waals surface area contributed by atoms with Gasteiger partial charge in [-0.05, 0) is 12.8 Å². The van der Waals surface area contributed by atoms with Crippen LogP contribution in [-0.2, 0) is 4.79 Å². The van der Waals surface area contributed by atoms with Crippen LogP contribution >= 0.6 is 0 Å². The number of piperidine rings is 1. The topological polar surface area (TPSA) is 108 Å². The van der Waals surface area contributed by atoms with E-state index in [-0.39, 0.29) is 28.7 Å². The Bertz CT molecular complexity index is 569. The molecule has 0 bridgehead atoms. The van der Waals surface area contributed by atoms with Crippen molar-refractivity contribution in [3.63, 3.8) is 0 Å². The van der Waals surface area contributed by atoms with Crippen LogP contribution in [0.2, 0.25) is 0 Å². The lowest BCUT2D eigenvalue weighted by Crippen LogP contribution is -2.46. The minimum Gasteiger partial charge on any atom is -0.367 e. The Hall–Kier alpha value is -2.15. The highest BCUT2D eigenvalue weighted by Gasteiger charge is 2.29.